The number of halogens is 1. The van der Waals surface area contributed by atoms with Gasteiger partial charge in [-0.1, -0.05) is 48.0 Å². The monoisotopic (exact) mass is 626 g/mol. The highest BCUT2D eigenvalue weighted by molar-refractivity contribution is 8.18. The summed E-state index contributed by atoms with van der Waals surface area (Å²) in [6, 6.07) is 25.1. The van der Waals surface area contributed by atoms with Gasteiger partial charge in [-0.25, -0.2) is 4.68 Å². The topological polar surface area (TPSA) is 86.0 Å². The Balaban J connectivity index is 1.24. The number of para-hydroxylation sites is 1. The summed E-state index contributed by atoms with van der Waals surface area (Å²) in [5, 5.41) is 6.19. The van der Waals surface area contributed by atoms with Gasteiger partial charge in [-0.3, -0.25) is 9.59 Å². The van der Waals surface area contributed by atoms with Crippen molar-refractivity contribution < 1.29 is 19.1 Å². The quantitative estimate of drug-likeness (QED) is 0.153. The summed E-state index contributed by atoms with van der Waals surface area (Å²) >= 11 is 7.61. The van der Waals surface area contributed by atoms with Crippen molar-refractivity contribution in [1.29, 1.82) is 0 Å². The van der Waals surface area contributed by atoms with Crippen molar-refractivity contribution in [2.75, 3.05) is 19.7 Å². The first-order valence-electron chi connectivity index (χ1n) is 14.5. The summed E-state index contributed by atoms with van der Waals surface area (Å²) in [4.78, 5) is 32.3. The first-order chi connectivity index (χ1) is 21.5. The average Bonchev–Trinajstić information content (AvgIpc) is 3.65. The van der Waals surface area contributed by atoms with Crippen molar-refractivity contribution in [2.45, 2.75) is 26.4 Å². The zero-order valence-corrected chi connectivity index (χ0v) is 25.8. The smallest absolute Gasteiger partial charge is 0.310 e. The van der Waals surface area contributed by atoms with E-state index in [0.29, 0.717) is 40.6 Å². The molecule has 0 unspecified atom stereocenters. The lowest BCUT2D eigenvalue weighted by molar-refractivity contribution is -0.149. The Morgan fingerprint density at radius 3 is 2.61 bits per heavy atom. The maximum atomic E-state index is 13.1. The second-order valence-corrected chi connectivity index (χ2v) is 11.9. The number of esters is 1. The maximum Gasteiger partial charge on any atom is 0.310 e. The molecule has 1 saturated heterocycles. The number of hydrogen-bond acceptors (Lipinski definition) is 7. The number of benzene rings is 3. The van der Waals surface area contributed by atoms with Gasteiger partial charge in [0, 0.05) is 41.0 Å². The van der Waals surface area contributed by atoms with Crippen LogP contribution in [0.2, 0.25) is 5.02 Å². The van der Waals surface area contributed by atoms with Gasteiger partial charge in [-0.15, -0.1) is 0 Å². The normalized spacial score (nSPS) is 17.5. The molecule has 0 saturated carbocycles. The van der Waals surface area contributed by atoms with E-state index in [2.05, 4.69) is 4.99 Å². The van der Waals surface area contributed by atoms with Gasteiger partial charge < -0.3 is 14.4 Å². The molecule has 0 aliphatic carbocycles. The van der Waals surface area contributed by atoms with Crippen LogP contribution in [0.25, 0.3) is 23.0 Å². The molecule has 2 aliphatic heterocycles. The molecule has 0 bridgehead atoms. The van der Waals surface area contributed by atoms with Crippen LogP contribution in [0.4, 0.5) is 0 Å². The molecule has 4 aromatic rings. The van der Waals surface area contributed by atoms with Crippen molar-refractivity contribution in [3.63, 3.8) is 0 Å². The minimum atomic E-state index is -0.301. The molecule has 0 N–H and O–H groups in total. The highest BCUT2D eigenvalue weighted by Gasteiger charge is 2.33. The van der Waals surface area contributed by atoms with Crippen LogP contribution in [0.5, 0.6) is 5.75 Å². The fourth-order valence-electron chi connectivity index (χ4n) is 5.19. The number of piperidine rings is 1. The Morgan fingerprint density at radius 2 is 1.84 bits per heavy atom. The fraction of sp³-hybridized carbons (Fsp3) is 0.235. The molecule has 1 fully saturated rings. The number of amidine groups is 1. The summed E-state index contributed by atoms with van der Waals surface area (Å²) in [6.45, 7) is 3.76. The van der Waals surface area contributed by atoms with Crippen molar-refractivity contribution >= 4 is 46.5 Å². The predicted octanol–water partition coefficient (Wildman–Crippen LogP) is 7.02. The zero-order chi connectivity index (χ0) is 30.5. The number of hydrogen-bond donors (Lipinski definition) is 0. The molecule has 3 heterocycles. The van der Waals surface area contributed by atoms with Crippen molar-refractivity contribution in [1.82, 2.24) is 14.7 Å². The van der Waals surface area contributed by atoms with Crippen LogP contribution in [0.3, 0.4) is 0 Å². The standard InChI is InChI=1S/C34H31ClN4O4S/c1-2-42-33(41)24-10-8-18-38(20-24)34-36-32(40)30(44-34)19-26-21-39(27-11-4-3-5-12-27)37-31(26)23-14-16-28(17-15-23)43-22-25-9-6-7-13-29(25)35/h3-7,9,11-17,19,21,24H,2,8,10,18,20,22H2,1H3/b30-19-/t24-/m1/s1. The third-order valence-electron chi connectivity index (χ3n) is 7.45. The van der Waals surface area contributed by atoms with Gasteiger partial charge in [0.05, 0.1) is 28.8 Å². The molecule has 2 aliphatic rings. The summed E-state index contributed by atoms with van der Waals surface area (Å²) in [7, 11) is 0. The number of aromatic nitrogens is 2. The Morgan fingerprint density at radius 1 is 1.07 bits per heavy atom. The molecule has 1 amide bonds. The number of likely N-dealkylation sites (tertiary alicyclic amines) is 1. The average molecular weight is 627 g/mol. The summed E-state index contributed by atoms with van der Waals surface area (Å²) in [6.07, 6.45) is 5.38. The van der Waals surface area contributed by atoms with E-state index in [4.69, 9.17) is 26.2 Å². The van der Waals surface area contributed by atoms with Crippen molar-refractivity contribution in [3.05, 3.63) is 106 Å². The lowest BCUT2D eigenvalue weighted by Gasteiger charge is -2.32. The number of rotatable bonds is 8. The van der Waals surface area contributed by atoms with Crippen LogP contribution >= 0.6 is 23.4 Å². The number of carbonyl (C=O) groups excluding carboxylic acids is 2. The highest BCUT2D eigenvalue weighted by atomic mass is 35.5. The third-order valence-corrected chi connectivity index (χ3v) is 8.86. The van der Waals surface area contributed by atoms with E-state index < -0.39 is 0 Å². The van der Waals surface area contributed by atoms with Gasteiger partial charge in [-0.2, -0.15) is 10.1 Å². The SMILES string of the molecule is CCOC(=O)[C@@H]1CCCN(C2=NC(=O)/C(=C/c3cn(-c4ccccc4)nc3-c3ccc(OCc4ccccc4Cl)cc3)S2)C1. The second kappa shape index (κ2) is 13.5. The molecule has 0 radical (unpaired) electrons. The number of thioether (sulfide) groups is 1. The van der Waals surface area contributed by atoms with Crippen LogP contribution in [0.15, 0.2) is 95.0 Å². The molecular weight excluding hydrogens is 596 g/mol. The van der Waals surface area contributed by atoms with E-state index in [1.807, 2.05) is 108 Å². The first kappa shape index (κ1) is 29.7. The molecule has 3 aromatic carbocycles. The summed E-state index contributed by atoms with van der Waals surface area (Å²) < 4.78 is 13.0. The Hall–Kier alpha value is -4.34. The largest absolute Gasteiger partial charge is 0.489 e. The van der Waals surface area contributed by atoms with Gasteiger partial charge in [0.2, 0.25) is 0 Å². The fourth-order valence-corrected chi connectivity index (χ4v) is 6.32. The third kappa shape index (κ3) is 6.74. The maximum absolute atomic E-state index is 13.1. The number of nitrogens with zero attached hydrogens (tertiary/aromatic N) is 4. The summed E-state index contributed by atoms with van der Waals surface area (Å²) in [5.41, 5.74) is 4.20. The lowest BCUT2D eigenvalue weighted by atomic mass is 9.99. The van der Waals surface area contributed by atoms with Crippen LogP contribution in [-0.4, -0.2) is 51.4 Å². The van der Waals surface area contributed by atoms with E-state index in [0.717, 1.165) is 47.5 Å². The highest BCUT2D eigenvalue weighted by Crippen LogP contribution is 2.35. The molecule has 8 nitrogen and oxygen atoms in total. The zero-order valence-electron chi connectivity index (χ0n) is 24.2. The molecule has 1 atom stereocenters. The molecule has 44 heavy (non-hydrogen) atoms. The lowest BCUT2D eigenvalue weighted by Crippen LogP contribution is -2.41. The van der Waals surface area contributed by atoms with E-state index in [9.17, 15) is 9.59 Å². The minimum absolute atomic E-state index is 0.193. The van der Waals surface area contributed by atoms with E-state index in [1.165, 1.54) is 11.8 Å². The van der Waals surface area contributed by atoms with Crippen molar-refractivity contribution in [3.8, 4) is 22.7 Å². The van der Waals surface area contributed by atoms with Gasteiger partial charge >= 0.3 is 5.97 Å². The van der Waals surface area contributed by atoms with Gasteiger partial charge in [0.1, 0.15) is 12.4 Å². The van der Waals surface area contributed by atoms with Crippen molar-refractivity contribution in [2.24, 2.45) is 10.9 Å². The van der Waals surface area contributed by atoms with E-state index >= 15 is 0 Å². The number of ether oxygens (including phenoxy) is 2. The Bertz CT molecular complexity index is 1720. The van der Waals surface area contributed by atoms with Crippen LogP contribution < -0.4 is 4.74 Å². The minimum Gasteiger partial charge on any atom is -0.489 e. The molecule has 10 heteroatoms. The Kier molecular flexibility index (Phi) is 9.14. The second-order valence-electron chi connectivity index (χ2n) is 10.5. The number of amides is 1. The van der Waals surface area contributed by atoms with E-state index in [-0.39, 0.29) is 17.8 Å². The predicted molar refractivity (Wildman–Crippen MR) is 174 cm³/mol. The molecule has 6 rings (SSSR count). The number of aliphatic imine (C=N–C) groups is 1. The molecular formula is C34H31ClN4O4S. The molecule has 0 spiro atoms. The molecule has 1 aromatic heterocycles. The van der Waals surface area contributed by atoms with Crippen LogP contribution in [0.1, 0.15) is 30.9 Å². The number of carbonyl (C=O) groups is 2. The van der Waals surface area contributed by atoms with Gasteiger partial charge in [0.15, 0.2) is 5.17 Å². The van der Waals surface area contributed by atoms with Gasteiger partial charge in [-0.05, 0) is 80.1 Å². The van der Waals surface area contributed by atoms with Gasteiger partial charge in [0.25, 0.3) is 5.91 Å². The Labute approximate surface area is 265 Å². The summed E-state index contributed by atoms with van der Waals surface area (Å²) in [5.74, 6) is -0.00751. The van der Waals surface area contributed by atoms with Crippen LogP contribution in [0, 0.1) is 5.92 Å². The first-order valence-corrected chi connectivity index (χ1v) is 15.7. The van der Waals surface area contributed by atoms with Crippen LogP contribution in [-0.2, 0) is 20.9 Å². The molecule has 224 valence electrons. The van der Waals surface area contributed by atoms with E-state index in [1.54, 1.807) is 0 Å².